The molecule has 1 aliphatic carbocycles. The lowest BCUT2D eigenvalue weighted by Gasteiger charge is -2.28. The molecule has 0 aromatic heterocycles. The van der Waals surface area contributed by atoms with E-state index >= 15 is 0 Å². The van der Waals surface area contributed by atoms with Crippen molar-refractivity contribution in [3.05, 3.63) is 12.2 Å². The van der Waals surface area contributed by atoms with Crippen molar-refractivity contribution in [2.45, 2.75) is 24.3 Å². The van der Waals surface area contributed by atoms with E-state index in [0.717, 1.165) is 17.2 Å². The maximum atomic E-state index is 3.65. The van der Waals surface area contributed by atoms with E-state index in [4.69, 9.17) is 0 Å². The number of fused-ring (bicyclic) bond motifs is 1. The van der Waals surface area contributed by atoms with E-state index in [1.807, 2.05) is 0 Å². The summed E-state index contributed by atoms with van der Waals surface area (Å²) in [6.07, 6.45) is 7.40. The predicted octanol–water partition coefficient (Wildman–Crippen LogP) is 1.20. The third-order valence-electron chi connectivity index (χ3n) is 3.74. The van der Waals surface area contributed by atoms with Crippen LogP contribution in [0.4, 0.5) is 0 Å². The fourth-order valence-electron chi connectivity index (χ4n) is 3.03. The maximum absolute atomic E-state index is 3.65. The second kappa shape index (κ2) is 3.87. The lowest BCUT2D eigenvalue weighted by atomic mass is 9.83. The number of allylic oxidation sites excluding steroid dienone is 1. The molecule has 4 unspecified atom stereocenters. The van der Waals surface area contributed by atoms with Gasteiger partial charge in [0.05, 0.1) is 5.37 Å². The maximum Gasteiger partial charge on any atom is 0.0577 e. The van der Waals surface area contributed by atoms with Crippen molar-refractivity contribution in [3.63, 3.8) is 0 Å². The van der Waals surface area contributed by atoms with Crippen LogP contribution in [0.25, 0.3) is 0 Å². The van der Waals surface area contributed by atoms with E-state index in [1.54, 1.807) is 0 Å². The highest BCUT2D eigenvalue weighted by molar-refractivity contribution is 8.00. The van der Waals surface area contributed by atoms with E-state index in [-0.39, 0.29) is 0 Å². The Morgan fingerprint density at radius 1 is 1.21 bits per heavy atom. The molecule has 0 aromatic carbocycles. The van der Waals surface area contributed by atoms with E-state index in [0.29, 0.717) is 6.04 Å². The fourth-order valence-corrected chi connectivity index (χ4v) is 4.30. The predicted molar refractivity (Wildman–Crippen MR) is 61.4 cm³/mol. The van der Waals surface area contributed by atoms with Crippen LogP contribution in [-0.2, 0) is 0 Å². The third-order valence-corrected chi connectivity index (χ3v) is 5.06. The van der Waals surface area contributed by atoms with Crippen molar-refractivity contribution < 1.29 is 0 Å². The van der Waals surface area contributed by atoms with Gasteiger partial charge in [-0.3, -0.25) is 0 Å². The molecular weight excluding hydrogens is 192 g/mol. The smallest absolute Gasteiger partial charge is 0.0577 e. The Kier molecular flexibility index (Phi) is 2.56. The Bertz CT molecular complexity index is 235. The average molecular weight is 210 g/mol. The van der Waals surface area contributed by atoms with Gasteiger partial charge in [-0.2, -0.15) is 0 Å². The number of thioether (sulfide) groups is 1. The summed E-state index contributed by atoms with van der Waals surface area (Å²) in [5, 5.41) is 8.00. The first-order valence-electron chi connectivity index (χ1n) is 5.70. The summed E-state index contributed by atoms with van der Waals surface area (Å²) in [7, 11) is 0. The van der Waals surface area contributed by atoms with E-state index in [2.05, 4.69) is 34.5 Å². The Morgan fingerprint density at radius 3 is 3.07 bits per heavy atom. The average Bonchev–Trinajstić information content (AvgIpc) is 2.85. The molecule has 0 aromatic rings. The number of hydrogen-bond donors (Lipinski definition) is 2. The second-order valence-electron chi connectivity index (χ2n) is 4.51. The highest BCUT2D eigenvalue weighted by Crippen LogP contribution is 2.37. The summed E-state index contributed by atoms with van der Waals surface area (Å²) in [5.74, 6) is 3.05. The molecule has 78 valence electrons. The van der Waals surface area contributed by atoms with Crippen LogP contribution in [0.5, 0.6) is 0 Å². The van der Waals surface area contributed by atoms with Crippen molar-refractivity contribution in [2.24, 2.45) is 11.8 Å². The first kappa shape index (κ1) is 9.25. The first-order chi connectivity index (χ1) is 6.95. The number of hydrogen-bond acceptors (Lipinski definition) is 3. The van der Waals surface area contributed by atoms with Crippen LogP contribution >= 0.6 is 11.8 Å². The minimum Gasteiger partial charge on any atom is -0.310 e. The van der Waals surface area contributed by atoms with Gasteiger partial charge in [0.1, 0.15) is 0 Å². The standard InChI is InChI=1S/C11H18N2S/c1-2-4-10-8(3-1)9(7-13-10)11-12-5-6-14-11/h2,4,8-13H,1,3,5-7H2. The second-order valence-corrected chi connectivity index (χ2v) is 5.76. The Balaban J connectivity index is 1.72. The van der Waals surface area contributed by atoms with Gasteiger partial charge in [0.2, 0.25) is 0 Å². The van der Waals surface area contributed by atoms with E-state index < -0.39 is 0 Å². The zero-order valence-corrected chi connectivity index (χ0v) is 9.22. The molecule has 2 saturated heterocycles. The normalized spacial score (nSPS) is 46.9. The Morgan fingerprint density at radius 2 is 2.21 bits per heavy atom. The van der Waals surface area contributed by atoms with Gasteiger partial charge in [-0.15, -0.1) is 11.8 Å². The lowest BCUT2D eigenvalue weighted by Crippen LogP contribution is -2.34. The molecule has 2 fully saturated rings. The fraction of sp³-hybridized carbons (Fsp3) is 0.818. The summed E-state index contributed by atoms with van der Waals surface area (Å²) in [4.78, 5) is 0. The summed E-state index contributed by atoms with van der Waals surface area (Å²) >= 11 is 2.12. The zero-order chi connectivity index (χ0) is 9.38. The molecule has 4 atom stereocenters. The van der Waals surface area contributed by atoms with Crippen LogP contribution in [0.15, 0.2) is 12.2 Å². The lowest BCUT2D eigenvalue weighted by molar-refractivity contribution is 0.335. The van der Waals surface area contributed by atoms with Gasteiger partial charge < -0.3 is 10.6 Å². The summed E-state index contributed by atoms with van der Waals surface area (Å²) in [6.45, 7) is 2.42. The van der Waals surface area contributed by atoms with Gasteiger partial charge in [0.15, 0.2) is 0 Å². The van der Waals surface area contributed by atoms with E-state index in [1.165, 1.54) is 31.7 Å². The minimum absolute atomic E-state index is 0.678. The van der Waals surface area contributed by atoms with Crippen LogP contribution in [0.1, 0.15) is 12.8 Å². The van der Waals surface area contributed by atoms with Crippen molar-refractivity contribution in [1.29, 1.82) is 0 Å². The molecule has 14 heavy (non-hydrogen) atoms. The zero-order valence-electron chi connectivity index (χ0n) is 8.41. The SMILES string of the molecule is C1=CC2NCC(C3NCCS3)C2CC1. The molecule has 2 nitrogen and oxygen atoms in total. The van der Waals surface area contributed by atoms with Crippen LogP contribution in [0.3, 0.4) is 0 Å². The van der Waals surface area contributed by atoms with Crippen LogP contribution in [0, 0.1) is 11.8 Å². The molecule has 3 aliphatic rings. The van der Waals surface area contributed by atoms with Gasteiger partial charge in [-0.1, -0.05) is 12.2 Å². The van der Waals surface area contributed by atoms with Crippen molar-refractivity contribution in [3.8, 4) is 0 Å². The molecule has 2 aliphatic heterocycles. The van der Waals surface area contributed by atoms with Crippen molar-refractivity contribution in [2.75, 3.05) is 18.8 Å². The van der Waals surface area contributed by atoms with Crippen molar-refractivity contribution in [1.82, 2.24) is 10.6 Å². The van der Waals surface area contributed by atoms with Gasteiger partial charge in [0, 0.05) is 30.8 Å². The summed E-state index contributed by atoms with van der Waals surface area (Å²) in [5.41, 5.74) is 0. The molecular formula is C11H18N2S. The highest BCUT2D eigenvalue weighted by atomic mass is 32.2. The molecule has 0 spiro atoms. The van der Waals surface area contributed by atoms with Gasteiger partial charge in [-0.05, 0) is 18.8 Å². The van der Waals surface area contributed by atoms with Crippen molar-refractivity contribution >= 4 is 11.8 Å². The number of rotatable bonds is 1. The first-order valence-corrected chi connectivity index (χ1v) is 6.75. The largest absolute Gasteiger partial charge is 0.310 e. The van der Waals surface area contributed by atoms with E-state index in [9.17, 15) is 0 Å². The quantitative estimate of drug-likeness (QED) is 0.636. The van der Waals surface area contributed by atoms with Crippen LogP contribution in [-0.4, -0.2) is 30.3 Å². The Labute approximate surface area is 89.9 Å². The monoisotopic (exact) mass is 210 g/mol. The molecule has 0 radical (unpaired) electrons. The summed E-state index contributed by atoms with van der Waals surface area (Å²) < 4.78 is 0. The highest BCUT2D eigenvalue weighted by Gasteiger charge is 2.40. The molecule has 2 heterocycles. The third kappa shape index (κ3) is 1.51. The molecule has 3 rings (SSSR count). The van der Waals surface area contributed by atoms with Crippen LogP contribution in [0.2, 0.25) is 0 Å². The minimum atomic E-state index is 0.678. The van der Waals surface area contributed by atoms with Crippen LogP contribution < -0.4 is 10.6 Å². The molecule has 0 saturated carbocycles. The van der Waals surface area contributed by atoms with Gasteiger partial charge in [-0.25, -0.2) is 0 Å². The number of nitrogens with one attached hydrogen (secondary N) is 2. The Hall–Kier alpha value is 0.0100. The molecule has 0 bridgehead atoms. The molecule has 3 heteroatoms. The van der Waals surface area contributed by atoms with Gasteiger partial charge >= 0.3 is 0 Å². The topological polar surface area (TPSA) is 24.1 Å². The van der Waals surface area contributed by atoms with Gasteiger partial charge in [0.25, 0.3) is 0 Å². The molecule has 0 amide bonds. The molecule has 2 N–H and O–H groups in total. The summed E-state index contributed by atoms with van der Waals surface area (Å²) in [6, 6.07) is 0.678.